The lowest BCUT2D eigenvalue weighted by atomic mass is 10.1. The normalized spacial score (nSPS) is 10.3. The Morgan fingerprint density at radius 1 is 1.04 bits per heavy atom. The number of aromatic nitrogens is 2. The van der Waals surface area contributed by atoms with Gasteiger partial charge in [-0.3, -0.25) is 0 Å². The van der Waals surface area contributed by atoms with Crippen molar-refractivity contribution in [2.75, 3.05) is 24.3 Å². The van der Waals surface area contributed by atoms with E-state index in [4.69, 9.17) is 4.74 Å². The summed E-state index contributed by atoms with van der Waals surface area (Å²) in [5.41, 5.74) is 2.13. The molecule has 0 spiro atoms. The van der Waals surface area contributed by atoms with Gasteiger partial charge >= 0.3 is 0 Å². The summed E-state index contributed by atoms with van der Waals surface area (Å²) >= 11 is 3.43. The minimum absolute atomic E-state index is 0.594. The molecule has 0 bridgehead atoms. The number of methoxy groups -OCH3 is 1. The van der Waals surface area contributed by atoms with Crippen LogP contribution in [0.2, 0.25) is 0 Å². The average Bonchev–Trinajstić information content (AvgIpc) is 2.64. The van der Waals surface area contributed by atoms with Crippen LogP contribution < -0.4 is 15.4 Å². The SMILES string of the molecule is COc1ccccc1CCNc1nccc(Nc2ccc(Br)cc2)n1. The molecule has 0 saturated heterocycles. The van der Waals surface area contributed by atoms with Crippen molar-refractivity contribution in [1.29, 1.82) is 0 Å². The van der Waals surface area contributed by atoms with Crippen LogP contribution in [0.25, 0.3) is 0 Å². The molecule has 5 nitrogen and oxygen atoms in total. The molecule has 0 unspecified atom stereocenters. The summed E-state index contributed by atoms with van der Waals surface area (Å²) in [5, 5.41) is 6.52. The summed E-state index contributed by atoms with van der Waals surface area (Å²) in [6.07, 6.45) is 2.57. The second kappa shape index (κ2) is 8.48. The fraction of sp³-hybridized carbons (Fsp3) is 0.158. The lowest BCUT2D eigenvalue weighted by Gasteiger charge is -2.10. The number of nitrogens with zero attached hydrogens (tertiary/aromatic N) is 2. The van der Waals surface area contributed by atoms with Crippen LogP contribution in [0, 0.1) is 0 Å². The zero-order chi connectivity index (χ0) is 17.5. The van der Waals surface area contributed by atoms with Crippen LogP contribution >= 0.6 is 15.9 Å². The van der Waals surface area contributed by atoms with Crippen molar-refractivity contribution in [2.45, 2.75) is 6.42 Å². The van der Waals surface area contributed by atoms with E-state index in [-0.39, 0.29) is 0 Å². The van der Waals surface area contributed by atoms with Crippen molar-refractivity contribution in [1.82, 2.24) is 9.97 Å². The van der Waals surface area contributed by atoms with E-state index in [2.05, 4.69) is 42.6 Å². The largest absolute Gasteiger partial charge is 0.496 e. The highest BCUT2D eigenvalue weighted by Gasteiger charge is 2.03. The molecular formula is C19H19BrN4O. The summed E-state index contributed by atoms with van der Waals surface area (Å²) in [4.78, 5) is 8.76. The minimum Gasteiger partial charge on any atom is -0.496 e. The molecular weight excluding hydrogens is 380 g/mol. The summed E-state index contributed by atoms with van der Waals surface area (Å²) in [5.74, 6) is 2.24. The highest BCUT2D eigenvalue weighted by Crippen LogP contribution is 2.19. The van der Waals surface area contributed by atoms with Crippen LogP contribution in [-0.4, -0.2) is 23.6 Å². The maximum Gasteiger partial charge on any atom is 0.224 e. The van der Waals surface area contributed by atoms with Crippen LogP contribution in [-0.2, 0) is 6.42 Å². The fourth-order valence-corrected chi connectivity index (χ4v) is 2.68. The average molecular weight is 399 g/mol. The van der Waals surface area contributed by atoms with Gasteiger partial charge in [0, 0.05) is 22.9 Å². The van der Waals surface area contributed by atoms with Gasteiger partial charge in [-0.15, -0.1) is 0 Å². The van der Waals surface area contributed by atoms with Gasteiger partial charge in [0.15, 0.2) is 0 Å². The van der Waals surface area contributed by atoms with Crippen LogP contribution in [0.1, 0.15) is 5.56 Å². The number of rotatable bonds is 7. The number of hydrogen-bond acceptors (Lipinski definition) is 5. The maximum atomic E-state index is 5.37. The molecule has 3 aromatic rings. The fourth-order valence-electron chi connectivity index (χ4n) is 2.41. The summed E-state index contributed by atoms with van der Waals surface area (Å²) in [6.45, 7) is 0.724. The van der Waals surface area contributed by atoms with Crippen molar-refractivity contribution in [3.05, 3.63) is 70.8 Å². The number of benzene rings is 2. The van der Waals surface area contributed by atoms with Gasteiger partial charge < -0.3 is 15.4 Å². The molecule has 0 aliphatic carbocycles. The predicted molar refractivity (Wildman–Crippen MR) is 105 cm³/mol. The van der Waals surface area contributed by atoms with Gasteiger partial charge in [0.2, 0.25) is 5.95 Å². The molecule has 0 atom stereocenters. The number of anilines is 3. The number of halogens is 1. The first kappa shape index (κ1) is 17.2. The van der Waals surface area contributed by atoms with E-state index >= 15 is 0 Å². The lowest BCUT2D eigenvalue weighted by Crippen LogP contribution is -2.09. The van der Waals surface area contributed by atoms with Gasteiger partial charge in [0.1, 0.15) is 11.6 Å². The third-order valence-electron chi connectivity index (χ3n) is 3.64. The van der Waals surface area contributed by atoms with E-state index in [9.17, 15) is 0 Å². The molecule has 1 heterocycles. The molecule has 0 fully saturated rings. The Balaban J connectivity index is 1.59. The minimum atomic E-state index is 0.594. The number of nitrogens with one attached hydrogen (secondary N) is 2. The van der Waals surface area contributed by atoms with Gasteiger partial charge in [0.25, 0.3) is 0 Å². The Morgan fingerprint density at radius 3 is 2.64 bits per heavy atom. The standard InChI is InChI=1S/C19H19BrN4O/c1-25-17-5-3-2-4-14(17)10-12-21-19-22-13-11-18(24-19)23-16-8-6-15(20)7-9-16/h2-9,11,13H,10,12H2,1H3,(H2,21,22,23,24). The van der Waals surface area contributed by atoms with Gasteiger partial charge in [-0.2, -0.15) is 4.98 Å². The van der Waals surface area contributed by atoms with E-state index in [0.717, 1.165) is 40.3 Å². The summed E-state index contributed by atoms with van der Waals surface area (Å²) in [7, 11) is 1.69. The highest BCUT2D eigenvalue weighted by atomic mass is 79.9. The van der Waals surface area contributed by atoms with E-state index in [1.165, 1.54) is 0 Å². The second-order valence-electron chi connectivity index (χ2n) is 5.39. The molecule has 6 heteroatoms. The van der Waals surface area contributed by atoms with E-state index in [1.54, 1.807) is 13.3 Å². The third-order valence-corrected chi connectivity index (χ3v) is 4.17. The second-order valence-corrected chi connectivity index (χ2v) is 6.30. The topological polar surface area (TPSA) is 59.1 Å². The molecule has 3 rings (SSSR count). The third kappa shape index (κ3) is 4.93. The van der Waals surface area contributed by atoms with Crippen molar-refractivity contribution in [3.63, 3.8) is 0 Å². The quantitative estimate of drug-likeness (QED) is 0.606. The monoisotopic (exact) mass is 398 g/mol. The van der Waals surface area contributed by atoms with Crippen LogP contribution in [0.4, 0.5) is 17.5 Å². The molecule has 0 radical (unpaired) electrons. The van der Waals surface area contributed by atoms with Crippen molar-refractivity contribution < 1.29 is 4.74 Å². The number of hydrogen-bond donors (Lipinski definition) is 2. The molecule has 2 N–H and O–H groups in total. The van der Waals surface area contributed by atoms with Gasteiger partial charge in [0.05, 0.1) is 7.11 Å². The number of ether oxygens (including phenoxy) is 1. The predicted octanol–water partition coefficient (Wildman–Crippen LogP) is 4.65. The molecule has 1 aromatic heterocycles. The Morgan fingerprint density at radius 2 is 1.84 bits per heavy atom. The van der Waals surface area contributed by atoms with Crippen LogP contribution in [0.3, 0.4) is 0 Å². The van der Waals surface area contributed by atoms with Crippen molar-refractivity contribution >= 4 is 33.4 Å². The Labute approximate surface area is 155 Å². The smallest absolute Gasteiger partial charge is 0.224 e. The zero-order valence-corrected chi connectivity index (χ0v) is 15.5. The van der Waals surface area contributed by atoms with E-state index in [1.807, 2.05) is 48.5 Å². The zero-order valence-electron chi connectivity index (χ0n) is 13.9. The molecule has 2 aromatic carbocycles. The van der Waals surface area contributed by atoms with Gasteiger partial charge in [-0.1, -0.05) is 34.1 Å². The van der Waals surface area contributed by atoms with E-state index in [0.29, 0.717) is 5.95 Å². The van der Waals surface area contributed by atoms with Gasteiger partial charge in [-0.25, -0.2) is 4.98 Å². The Bertz CT molecular complexity index is 824. The molecule has 0 amide bonds. The summed E-state index contributed by atoms with van der Waals surface area (Å²) in [6, 6.07) is 17.8. The van der Waals surface area contributed by atoms with Gasteiger partial charge in [-0.05, 0) is 48.4 Å². The molecule has 0 aliphatic heterocycles. The Hall–Kier alpha value is -2.60. The molecule has 0 saturated carbocycles. The molecule has 0 aliphatic rings. The maximum absolute atomic E-state index is 5.37. The lowest BCUT2D eigenvalue weighted by molar-refractivity contribution is 0.410. The first-order valence-electron chi connectivity index (χ1n) is 7.96. The van der Waals surface area contributed by atoms with Crippen molar-refractivity contribution in [3.8, 4) is 5.75 Å². The Kier molecular flexibility index (Phi) is 5.85. The molecule has 25 heavy (non-hydrogen) atoms. The highest BCUT2D eigenvalue weighted by molar-refractivity contribution is 9.10. The molecule has 128 valence electrons. The van der Waals surface area contributed by atoms with Crippen molar-refractivity contribution in [2.24, 2.45) is 0 Å². The van der Waals surface area contributed by atoms with E-state index < -0.39 is 0 Å². The first-order chi connectivity index (χ1) is 12.2. The van der Waals surface area contributed by atoms with Crippen LogP contribution in [0.5, 0.6) is 5.75 Å². The first-order valence-corrected chi connectivity index (χ1v) is 8.75. The van der Waals surface area contributed by atoms with Crippen LogP contribution in [0.15, 0.2) is 65.3 Å². The summed E-state index contributed by atoms with van der Waals surface area (Å²) < 4.78 is 6.41. The number of para-hydroxylation sites is 1.